The second-order valence-electron chi connectivity index (χ2n) is 7.75. The Morgan fingerprint density at radius 1 is 1.15 bits per heavy atom. The van der Waals surface area contributed by atoms with Crippen molar-refractivity contribution in [1.82, 2.24) is 9.80 Å². The van der Waals surface area contributed by atoms with Crippen molar-refractivity contribution in [2.45, 2.75) is 38.2 Å². The Balaban J connectivity index is 1.55. The van der Waals surface area contributed by atoms with Crippen molar-refractivity contribution in [1.29, 1.82) is 0 Å². The Bertz CT molecular complexity index is 698. The number of nitrogens with zero attached hydrogens (tertiary/aromatic N) is 2. The summed E-state index contributed by atoms with van der Waals surface area (Å²) in [5.74, 6) is -0.775. The molecule has 2 aliphatic rings. The van der Waals surface area contributed by atoms with E-state index in [9.17, 15) is 19.5 Å². The maximum Gasteiger partial charge on any atom is 0.251 e. The lowest BCUT2D eigenvalue weighted by Crippen LogP contribution is -2.54. The van der Waals surface area contributed by atoms with E-state index >= 15 is 0 Å². The number of hydrogen-bond donors (Lipinski definition) is 2. The normalized spacial score (nSPS) is 20.6. The maximum absolute atomic E-state index is 12.6. The molecule has 27 heavy (non-hydrogen) atoms. The quantitative estimate of drug-likeness (QED) is 0.775. The molecule has 0 aliphatic carbocycles. The SMILES string of the molecule is NC(=O)CN1CC2(CCC1=O)CCN(C(=O)[C@@H](O)Cc1ccccc1)CC2. The molecular formula is C20H27N3O4. The van der Waals surface area contributed by atoms with Crippen molar-refractivity contribution in [3.8, 4) is 0 Å². The zero-order valence-electron chi connectivity index (χ0n) is 15.5. The number of piperidine rings is 2. The van der Waals surface area contributed by atoms with E-state index in [1.165, 1.54) is 0 Å². The third-order valence-corrected chi connectivity index (χ3v) is 5.79. The van der Waals surface area contributed by atoms with Crippen molar-refractivity contribution in [2.24, 2.45) is 11.1 Å². The van der Waals surface area contributed by atoms with E-state index in [0.717, 1.165) is 24.8 Å². The molecule has 7 heteroatoms. The maximum atomic E-state index is 12.6. The van der Waals surface area contributed by atoms with Gasteiger partial charge in [0.05, 0.1) is 6.54 Å². The Hall–Kier alpha value is -2.41. The highest BCUT2D eigenvalue weighted by Gasteiger charge is 2.42. The fraction of sp³-hybridized carbons (Fsp3) is 0.550. The minimum Gasteiger partial charge on any atom is -0.383 e. The topological polar surface area (TPSA) is 104 Å². The molecule has 7 nitrogen and oxygen atoms in total. The van der Waals surface area contributed by atoms with Crippen molar-refractivity contribution in [3.63, 3.8) is 0 Å². The molecule has 0 unspecified atom stereocenters. The van der Waals surface area contributed by atoms with Gasteiger partial charge < -0.3 is 20.6 Å². The first-order valence-electron chi connectivity index (χ1n) is 9.45. The molecule has 0 bridgehead atoms. The Kier molecular flexibility index (Phi) is 5.79. The molecule has 1 aromatic carbocycles. The average Bonchev–Trinajstić information content (AvgIpc) is 2.65. The molecule has 1 spiro atoms. The predicted octanol–water partition coefficient (Wildman–Crippen LogP) is 0.307. The number of benzene rings is 1. The number of hydrogen-bond acceptors (Lipinski definition) is 4. The lowest BCUT2D eigenvalue weighted by molar-refractivity contribution is -0.147. The van der Waals surface area contributed by atoms with Crippen LogP contribution in [0.5, 0.6) is 0 Å². The summed E-state index contributed by atoms with van der Waals surface area (Å²) in [5.41, 5.74) is 6.11. The summed E-state index contributed by atoms with van der Waals surface area (Å²) >= 11 is 0. The van der Waals surface area contributed by atoms with Gasteiger partial charge in [0.2, 0.25) is 11.8 Å². The molecule has 1 atom stereocenters. The van der Waals surface area contributed by atoms with Crippen molar-refractivity contribution in [2.75, 3.05) is 26.2 Å². The second kappa shape index (κ2) is 8.08. The number of aliphatic hydroxyl groups excluding tert-OH is 1. The summed E-state index contributed by atoms with van der Waals surface area (Å²) < 4.78 is 0. The van der Waals surface area contributed by atoms with Gasteiger partial charge in [-0.15, -0.1) is 0 Å². The van der Waals surface area contributed by atoms with Crippen molar-refractivity contribution >= 4 is 17.7 Å². The number of carbonyl (C=O) groups excluding carboxylic acids is 3. The Morgan fingerprint density at radius 3 is 2.44 bits per heavy atom. The molecule has 0 radical (unpaired) electrons. The van der Waals surface area contributed by atoms with Crippen LogP contribution in [-0.2, 0) is 20.8 Å². The van der Waals surface area contributed by atoms with Crippen LogP contribution in [0.2, 0.25) is 0 Å². The van der Waals surface area contributed by atoms with Gasteiger partial charge in [0.15, 0.2) is 0 Å². The highest BCUT2D eigenvalue weighted by Crippen LogP contribution is 2.40. The standard InChI is InChI=1S/C20H27N3O4/c21-17(25)13-23-14-20(7-6-18(23)26)8-10-22(11-9-20)19(27)16(24)12-15-4-2-1-3-5-15/h1-5,16,24H,6-14H2,(H2,21,25)/t16-/m0/s1. The Morgan fingerprint density at radius 2 is 1.81 bits per heavy atom. The van der Waals surface area contributed by atoms with Crippen LogP contribution in [0.3, 0.4) is 0 Å². The van der Waals surface area contributed by atoms with E-state index in [1.54, 1.807) is 9.80 Å². The molecule has 3 N–H and O–H groups in total. The summed E-state index contributed by atoms with van der Waals surface area (Å²) in [5, 5.41) is 10.3. The molecule has 2 aliphatic heterocycles. The molecule has 2 fully saturated rings. The van der Waals surface area contributed by atoms with Gasteiger partial charge in [-0.1, -0.05) is 30.3 Å². The van der Waals surface area contributed by atoms with Gasteiger partial charge in [-0.3, -0.25) is 14.4 Å². The van der Waals surface area contributed by atoms with E-state index < -0.39 is 12.0 Å². The molecule has 0 aromatic heterocycles. The molecule has 3 rings (SSSR count). The van der Waals surface area contributed by atoms with Gasteiger partial charge in [-0.05, 0) is 30.2 Å². The van der Waals surface area contributed by atoms with Gasteiger partial charge in [0, 0.05) is 32.5 Å². The van der Waals surface area contributed by atoms with Crippen LogP contribution in [0.4, 0.5) is 0 Å². The third-order valence-electron chi connectivity index (χ3n) is 5.79. The van der Waals surface area contributed by atoms with E-state index in [2.05, 4.69) is 0 Å². The highest BCUT2D eigenvalue weighted by molar-refractivity contribution is 5.84. The first-order chi connectivity index (χ1) is 12.9. The van der Waals surface area contributed by atoms with Crippen LogP contribution in [0.15, 0.2) is 30.3 Å². The number of likely N-dealkylation sites (tertiary alicyclic amines) is 2. The first-order valence-corrected chi connectivity index (χ1v) is 9.45. The molecule has 2 heterocycles. The largest absolute Gasteiger partial charge is 0.383 e. The number of carbonyl (C=O) groups is 3. The van der Waals surface area contributed by atoms with Gasteiger partial charge in [-0.25, -0.2) is 0 Å². The fourth-order valence-electron chi connectivity index (χ4n) is 4.18. The molecule has 1 aromatic rings. The molecular weight excluding hydrogens is 346 g/mol. The first kappa shape index (κ1) is 19.4. The number of nitrogens with two attached hydrogens (primary N) is 1. The van der Waals surface area contributed by atoms with E-state index in [0.29, 0.717) is 32.5 Å². The molecule has 3 amide bonds. The summed E-state index contributed by atoms with van der Waals surface area (Å²) in [6.07, 6.45) is 1.98. The predicted molar refractivity (Wildman–Crippen MR) is 99.4 cm³/mol. The van der Waals surface area contributed by atoms with Gasteiger partial charge in [0.25, 0.3) is 5.91 Å². The van der Waals surface area contributed by atoms with Gasteiger partial charge in [-0.2, -0.15) is 0 Å². The minimum atomic E-state index is -1.04. The molecule has 2 saturated heterocycles. The number of rotatable bonds is 5. The molecule has 146 valence electrons. The highest BCUT2D eigenvalue weighted by atomic mass is 16.3. The van der Waals surface area contributed by atoms with Gasteiger partial charge >= 0.3 is 0 Å². The summed E-state index contributed by atoms with van der Waals surface area (Å²) in [6.45, 7) is 1.59. The van der Waals surface area contributed by atoms with E-state index in [-0.39, 0.29) is 23.8 Å². The van der Waals surface area contributed by atoms with Gasteiger partial charge in [0.1, 0.15) is 6.10 Å². The summed E-state index contributed by atoms with van der Waals surface area (Å²) in [4.78, 5) is 39.1. The zero-order valence-corrected chi connectivity index (χ0v) is 15.5. The van der Waals surface area contributed by atoms with E-state index in [4.69, 9.17) is 5.73 Å². The minimum absolute atomic E-state index is 0.0313. The lowest BCUT2D eigenvalue weighted by Gasteiger charge is -2.47. The van der Waals surface area contributed by atoms with Crippen LogP contribution >= 0.6 is 0 Å². The second-order valence-corrected chi connectivity index (χ2v) is 7.75. The zero-order chi connectivity index (χ0) is 19.4. The third kappa shape index (κ3) is 4.66. The van der Waals surface area contributed by atoms with Crippen molar-refractivity contribution in [3.05, 3.63) is 35.9 Å². The monoisotopic (exact) mass is 373 g/mol. The van der Waals surface area contributed by atoms with Crippen LogP contribution in [0, 0.1) is 5.41 Å². The average molecular weight is 373 g/mol. The Labute approximate surface area is 159 Å². The lowest BCUT2D eigenvalue weighted by atomic mass is 9.72. The smallest absolute Gasteiger partial charge is 0.251 e. The van der Waals surface area contributed by atoms with Crippen LogP contribution < -0.4 is 5.73 Å². The van der Waals surface area contributed by atoms with E-state index in [1.807, 2.05) is 30.3 Å². The summed E-state index contributed by atoms with van der Waals surface area (Å²) in [7, 11) is 0. The fourth-order valence-corrected chi connectivity index (χ4v) is 4.18. The van der Waals surface area contributed by atoms with Crippen LogP contribution in [0.1, 0.15) is 31.2 Å². The van der Waals surface area contributed by atoms with Crippen molar-refractivity contribution < 1.29 is 19.5 Å². The summed E-state index contributed by atoms with van der Waals surface area (Å²) in [6, 6.07) is 9.47. The number of aliphatic hydroxyl groups is 1. The van der Waals surface area contributed by atoms with Crippen LogP contribution in [-0.4, -0.2) is 64.9 Å². The number of amides is 3. The number of primary amides is 1. The molecule has 0 saturated carbocycles. The van der Waals surface area contributed by atoms with Crippen LogP contribution in [0.25, 0.3) is 0 Å².